The predicted molar refractivity (Wildman–Crippen MR) is 113 cm³/mol. The number of amides is 2. The van der Waals surface area contributed by atoms with Gasteiger partial charge in [-0.15, -0.1) is 0 Å². The number of carbonyl (C=O) groups excluding carboxylic acids is 2. The number of carbonyl (C=O) groups is 2. The second-order valence-electron chi connectivity index (χ2n) is 7.05. The van der Waals surface area contributed by atoms with Crippen LogP contribution in [0.25, 0.3) is 11.1 Å². The number of piperidine rings is 1. The maximum Gasteiger partial charge on any atom is 0.232 e. The third kappa shape index (κ3) is 5.13. The molecular formula is C22H26N2O2S. The van der Waals surface area contributed by atoms with Crippen molar-refractivity contribution in [1.82, 2.24) is 4.90 Å². The smallest absolute Gasteiger partial charge is 0.232 e. The van der Waals surface area contributed by atoms with E-state index in [9.17, 15) is 9.59 Å². The molecule has 1 heterocycles. The van der Waals surface area contributed by atoms with Crippen molar-refractivity contribution < 1.29 is 9.59 Å². The maximum absolute atomic E-state index is 12.7. The fourth-order valence-corrected chi connectivity index (χ4v) is 3.91. The molecule has 0 spiro atoms. The van der Waals surface area contributed by atoms with Crippen LogP contribution in [-0.2, 0) is 9.59 Å². The zero-order chi connectivity index (χ0) is 19.2. The van der Waals surface area contributed by atoms with Gasteiger partial charge in [0.1, 0.15) is 0 Å². The van der Waals surface area contributed by atoms with E-state index in [1.54, 1.807) is 0 Å². The first-order valence-electron chi connectivity index (χ1n) is 9.31. The normalized spacial score (nSPS) is 16.8. The van der Waals surface area contributed by atoms with Crippen molar-refractivity contribution in [3.63, 3.8) is 0 Å². The molecule has 4 nitrogen and oxygen atoms in total. The van der Waals surface area contributed by atoms with Crippen LogP contribution in [0.4, 0.5) is 5.69 Å². The number of likely N-dealkylation sites (tertiary alicyclic amines) is 1. The Morgan fingerprint density at radius 2 is 1.89 bits per heavy atom. The molecule has 0 radical (unpaired) electrons. The summed E-state index contributed by atoms with van der Waals surface area (Å²) in [5, 5.41) is 3.05. The quantitative estimate of drug-likeness (QED) is 0.843. The van der Waals surface area contributed by atoms with Gasteiger partial charge in [-0.3, -0.25) is 9.59 Å². The van der Waals surface area contributed by atoms with Gasteiger partial charge < -0.3 is 10.2 Å². The molecule has 1 aliphatic heterocycles. The Hall–Kier alpha value is -2.27. The third-order valence-corrected chi connectivity index (χ3v) is 5.43. The Labute approximate surface area is 165 Å². The van der Waals surface area contributed by atoms with Gasteiger partial charge in [0, 0.05) is 18.8 Å². The number of hydrogen-bond acceptors (Lipinski definition) is 3. The summed E-state index contributed by atoms with van der Waals surface area (Å²) >= 11 is 1.52. The largest absolute Gasteiger partial charge is 0.341 e. The van der Waals surface area contributed by atoms with E-state index in [-0.39, 0.29) is 17.7 Å². The zero-order valence-corrected chi connectivity index (χ0v) is 16.7. The Kier molecular flexibility index (Phi) is 6.56. The molecule has 1 atom stereocenters. The molecule has 2 aromatic carbocycles. The molecule has 142 valence electrons. The number of benzene rings is 2. The van der Waals surface area contributed by atoms with Gasteiger partial charge in [0.25, 0.3) is 0 Å². The highest BCUT2D eigenvalue weighted by molar-refractivity contribution is 7.99. The van der Waals surface area contributed by atoms with E-state index in [1.165, 1.54) is 17.3 Å². The Balaban J connectivity index is 1.67. The van der Waals surface area contributed by atoms with Gasteiger partial charge in [0.05, 0.1) is 11.7 Å². The summed E-state index contributed by atoms with van der Waals surface area (Å²) in [6.45, 7) is 3.34. The molecule has 2 amide bonds. The molecule has 0 saturated carbocycles. The number of nitrogens with one attached hydrogen (secondary N) is 1. The SMILES string of the molecule is CSCC(=O)N1CCCC(C(=O)Nc2cccc(-c3cccc(C)c3)c2)C1. The Bertz CT molecular complexity index is 821. The van der Waals surface area contributed by atoms with Crippen molar-refractivity contribution in [2.75, 3.05) is 30.4 Å². The summed E-state index contributed by atoms with van der Waals surface area (Å²) in [5.41, 5.74) is 4.22. The summed E-state index contributed by atoms with van der Waals surface area (Å²) < 4.78 is 0. The first-order valence-corrected chi connectivity index (χ1v) is 10.7. The van der Waals surface area contributed by atoms with E-state index in [1.807, 2.05) is 41.5 Å². The first-order chi connectivity index (χ1) is 13.1. The number of nitrogens with zero attached hydrogens (tertiary/aromatic N) is 1. The predicted octanol–water partition coefficient (Wildman–Crippen LogP) is 4.20. The number of rotatable bonds is 5. The van der Waals surface area contributed by atoms with Crippen molar-refractivity contribution >= 4 is 29.3 Å². The highest BCUT2D eigenvalue weighted by Crippen LogP contribution is 2.25. The fourth-order valence-electron chi connectivity index (χ4n) is 3.48. The molecule has 1 aliphatic rings. The zero-order valence-electron chi connectivity index (χ0n) is 15.9. The molecule has 2 aromatic rings. The molecule has 0 aliphatic carbocycles. The van der Waals surface area contributed by atoms with Crippen LogP contribution in [0, 0.1) is 12.8 Å². The van der Waals surface area contributed by atoms with Crippen LogP contribution in [0.2, 0.25) is 0 Å². The minimum atomic E-state index is -0.146. The minimum absolute atomic E-state index is 0.00181. The van der Waals surface area contributed by atoms with Crippen molar-refractivity contribution in [3.8, 4) is 11.1 Å². The highest BCUT2D eigenvalue weighted by atomic mass is 32.2. The first kappa shape index (κ1) is 19.5. The lowest BCUT2D eigenvalue weighted by Crippen LogP contribution is -2.44. The van der Waals surface area contributed by atoms with E-state index in [2.05, 4.69) is 30.4 Å². The van der Waals surface area contributed by atoms with Crippen LogP contribution in [0.5, 0.6) is 0 Å². The average molecular weight is 383 g/mol. The average Bonchev–Trinajstić information content (AvgIpc) is 2.68. The van der Waals surface area contributed by atoms with Gasteiger partial charge in [0.2, 0.25) is 11.8 Å². The molecule has 1 fully saturated rings. The van der Waals surface area contributed by atoms with E-state index in [4.69, 9.17) is 0 Å². The summed E-state index contributed by atoms with van der Waals surface area (Å²) in [5.74, 6) is 0.457. The van der Waals surface area contributed by atoms with Gasteiger partial charge in [-0.1, -0.05) is 42.0 Å². The number of aryl methyl sites for hydroxylation is 1. The van der Waals surface area contributed by atoms with Crippen molar-refractivity contribution in [2.24, 2.45) is 5.92 Å². The molecule has 5 heteroatoms. The van der Waals surface area contributed by atoms with E-state index in [0.717, 1.165) is 36.2 Å². The van der Waals surface area contributed by atoms with Crippen molar-refractivity contribution in [2.45, 2.75) is 19.8 Å². The van der Waals surface area contributed by atoms with Crippen LogP contribution in [0.1, 0.15) is 18.4 Å². The monoisotopic (exact) mass is 382 g/mol. The van der Waals surface area contributed by atoms with Crippen LogP contribution in [0.15, 0.2) is 48.5 Å². The van der Waals surface area contributed by atoms with Crippen molar-refractivity contribution in [1.29, 1.82) is 0 Å². The van der Waals surface area contributed by atoms with Gasteiger partial charge in [0.15, 0.2) is 0 Å². The standard InChI is InChI=1S/C22H26N2O2S/c1-16-6-3-7-17(12-16)18-8-4-10-20(13-18)23-22(26)19-9-5-11-24(14-19)21(25)15-27-2/h3-4,6-8,10,12-13,19H,5,9,11,14-15H2,1-2H3,(H,23,26). The van der Waals surface area contributed by atoms with Crippen LogP contribution in [-0.4, -0.2) is 41.8 Å². The molecular weight excluding hydrogens is 356 g/mol. The summed E-state index contributed by atoms with van der Waals surface area (Å²) in [6.07, 6.45) is 3.63. The second kappa shape index (κ2) is 9.09. The summed E-state index contributed by atoms with van der Waals surface area (Å²) in [7, 11) is 0. The Morgan fingerprint density at radius 1 is 1.15 bits per heavy atom. The van der Waals surface area contributed by atoms with Gasteiger partial charge in [-0.05, 0) is 49.3 Å². The lowest BCUT2D eigenvalue weighted by Gasteiger charge is -2.32. The lowest BCUT2D eigenvalue weighted by molar-refractivity contribution is -0.132. The molecule has 27 heavy (non-hydrogen) atoms. The lowest BCUT2D eigenvalue weighted by atomic mass is 9.96. The number of thioether (sulfide) groups is 1. The van der Waals surface area contributed by atoms with Crippen LogP contribution in [0.3, 0.4) is 0 Å². The third-order valence-electron chi connectivity index (χ3n) is 4.89. The highest BCUT2D eigenvalue weighted by Gasteiger charge is 2.28. The second-order valence-corrected chi connectivity index (χ2v) is 7.92. The van der Waals surface area contributed by atoms with Gasteiger partial charge in [-0.2, -0.15) is 11.8 Å². The minimum Gasteiger partial charge on any atom is -0.341 e. The van der Waals surface area contributed by atoms with E-state index in [0.29, 0.717) is 12.3 Å². The van der Waals surface area contributed by atoms with Crippen LogP contribution < -0.4 is 5.32 Å². The molecule has 0 aromatic heterocycles. The fraction of sp³-hybridized carbons (Fsp3) is 0.364. The molecule has 1 N–H and O–H groups in total. The summed E-state index contributed by atoms with van der Waals surface area (Å²) in [4.78, 5) is 26.7. The van der Waals surface area contributed by atoms with Gasteiger partial charge in [-0.25, -0.2) is 0 Å². The van der Waals surface area contributed by atoms with E-state index < -0.39 is 0 Å². The molecule has 3 rings (SSSR count). The number of hydrogen-bond donors (Lipinski definition) is 1. The maximum atomic E-state index is 12.7. The molecule has 1 unspecified atom stereocenters. The van der Waals surface area contributed by atoms with Gasteiger partial charge >= 0.3 is 0 Å². The molecule has 0 bridgehead atoms. The molecule has 1 saturated heterocycles. The summed E-state index contributed by atoms with van der Waals surface area (Å²) in [6, 6.07) is 16.3. The van der Waals surface area contributed by atoms with Crippen LogP contribution >= 0.6 is 11.8 Å². The van der Waals surface area contributed by atoms with E-state index >= 15 is 0 Å². The number of anilines is 1. The van der Waals surface area contributed by atoms with Crippen molar-refractivity contribution in [3.05, 3.63) is 54.1 Å². The topological polar surface area (TPSA) is 49.4 Å². The Morgan fingerprint density at radius 3 is 2.63 bits per heavy atom.